The molecule has 0 aromatic heterocycles. The number of aryl methyl sites for hydroxylation is 1. The average Bonchev–Trinajstić information content (AvgIpc) is 2.24. The summed E-state index contributed by atoms with van der Waals surface area (Å²) in [6.07, 6.45) is 0. The quantitative estimate of drug-likeness (QED) is 0.776. The fourth-order valence-corrected chi connectivity index (χ4v) is 1.27. The molecular weight excluding hydrogens is 209 g/mol. The topological polar surface area (TPSA) is 38.3 Å². The fourth-order valence-electron chi connectivity index (χ4n) is 1.27. The van der Waals surface area contributed by atoms with E-state index in [-0.39, 0.29) is 18.3 Å². The van der Waals surface area contributed by atoms with E-state index >= 15 is 0 Å². The minimum Gasteiger partial charge on any atom is -0.465 e. The molecule has 0 aliphatic carbocycles. The van der Waals surface area contributed by atoms with Gasteiger partial charge in [0, 0.05) is 6.54 Å². The molecule has 88 valence electrons. The van der Waals surface area contributed by atoms with Crippen LogP contribution in [0.5, 0.6) is 0 Å². The van der Waals surface area contributed by atoms with Crippen molar-refractivity contribution < 1.29 is 13.9 Å². The molecule has 0 aliphatic heterocycles. The lowest BCUT2D eigenvalue weighted by molar-refractivity contribution is -0.142. The Balaban J connectivity index is 2.37. The number of rotatable bonds is 5. The lowest BCUT2D eigenvalue weighted by Gasteiger charge is -2.05. The number of carbonyl (C=O) groups is 1. The van der Waals surface area contributed by atoms with E-state index in [0.29, 0.717) is 18.7 Å². The summed E-state index contributed by atoms with van der Waals surface area (Å²) in [5.74, 6) is -0.523. The molecule has 16 heavy (non-hydrogen) atoms. The summed E-state index contributed by atoms with van der Waals surface area (Å²) in [6, 6.07) is 5.01. The van der Waals surface area contributed by atoms with Gasteiger partial charge in [-0.2, -0.15) is 0 Å². The lowest BCUT2D eigenvalue weighted by atomic mass is 10.1. The maximum absolute atomic E-state index is 13.2. The van der Waals surface area contributed by atoms with Crippen LogP contribution in [-0.2, 0) is 16.1 Å². The highest BCUT2D eigenvalue weighted by Gasteiger charge is 2.02. The molecule has 0 saturated carbocycles. The van der Waals surface area contributed by atoms with Crippen molar-refractivity contribution in [2.75, 3.05) is 13.2 Å². The number of halogens is 1. The Morgan fingerprint density at radius 3 is 2.88 bits per heavy atom. The Labute approximate surface area is 94.6 Å². The zero-order chi connectivity index (χ0) is 12.0. The molecule has 1 rings (SSSR count). The van der Waals surface area contributed by atoms with Crippen LogP contribution in [0, 0.1) is 12.7 Å². The Kier molecular flexibility index (Phi) is 4.92. The minimum atomic E-state index is -0.296. The first-order valence-electron chi connectivity index (χ1n) is 5.25. The molecule has 4 heteroatoms. The van der Waals surface area contributed by atoms with Gasteiger partial charge in [-0.15, -0.1) is 0 Å². The zero-order valence-electron chi connectivity index (χ0n) is 9.55. The van der Waals surface area contributed by atoms with Gasteiger partial charge in [0.15, 0.2) is 0 Å². The molecule has 1 N–H and O–H groups in total. The van der Waals surface area contributed by atoms with Gasteiger partial charge < -0.3 is 10.1 Å². The first kappa shape index (κ1) is 12.6. The monoisotopic (exact) mass is 225 g/mol. The van der Waals surface area contributed by atoms with Crippen molar-refractivity contribution in [2.45, 2.75) is 20.4 Å². The molecule has 0 radical (unpaired) electrons. The molecule has 0 unspecified atom stereocenters. The highest BCUT2D eigenvalue weighted by atomic mass is 19.1. The number of hydrogen-bond acceptors (Lipinski definition) is 3. The molecule has 3 nitrogen and oxygen atoms in total. The van der Waals surface area contributed by atoms with Crippen molar-refractivity contribution in [1.29, 1.82) is 0 Å². The zero-order valence-corrected chi connectivity index (χ0v) is 9.55. The second-order valence-electron chi connectivity index (χ2n) is 3.49. The van der Waals surface area contributed by atoms with Crippen molar-refractivity contribution in [3.8, 4) is 0 Å². The summed E-state index contributed by atoms with van der Waals surface area (Å²) in [5, 5.41) is 2.89. The lowest BCUT2D eigenvalue weighted by Crippen LogP contribution is -2.24. The Morgan fingerprint density at radius 1 is 1.50 bits per heavy atom. The van der Waals surface area contributed by atoms with Crippen molar-refractivity contribution in [2.24, 2.45) is 0 Å². The van der Waals surface area contributed by atoms with Crippen LogP contribution < -0.4 is 5.32 Å². The highest BCUT2D eigenvalue weighted by molar-refractivity contribution is 5.71. The predicted molar refractivity (Wildman–Crippen MR) is 59.5 cm³/mol. The van der Waals surface area contributed by atoms with Gasteiger partial charge in [0.25, 0.3) is 0 Å². The predicted octanol–water partition coefficient (Wildman–Crippen LogP) is 1.79. The Bertz CT molecular complexity index is 366. The van der Waals surface area contributed by atoms with E-state index < -0.39 is 0 Å². The van der Waals surface area contributed by atoms with E-state index in [1.165, 1.54) is 6.07 Å². The summed E-state index contributed by atoms with van der Waals surface area (Å²) in [6.45, 7) is 4.44. The van der Waals surface area contributed by atoms with Crippen LogP contribution in [0.4, 0.5) is 4.39 Å². The van der Waals surface area contributed by atoms with Gasteiger partial charge in [-0.05, 0) is 31.0 Å². The van der Waals surface area contributed by atoms with E-state index in [2.05, 4.69) is 5.32 Å². The average molecular weight is 225 g/mol. The highest BCUT2D eigenvalue weighted by Crippen LogP contribution is 2.08. The van der Waals surface area contributed by atoms with Crippen LogP contribution in [0.3, 0.4) is 0 Å². The molecule has 0 fully saturated rings. The van der Waals surface area contributed by atoms with Crippen LogP contribution in [0.25, 0.3) is 0 Å². The first-order valence-corrected chi connectivity index (χ1v) is 5.25. The van der Waals surface area contributed by atoms with Crippen LogP contribution in [0.1, 0.15) is 18.1 Å². The molecule has 0 bridgehead atoms. The van der Waals surface area contributed by atoms with Crippen molar-refractivity contribution in [1.82, 2.24) is 5.32 Å². The van der Waals surface area contributed by atoms with Crippen LogP contribution in [0.15, 0.2) is 18.2 Å². The first-order chi connectivity index (χ1) is 7.63. The maximum atomic E-state index is 13.2. The summed E-state index contributed by atoms with van der Waals surface area (Å²) >= 11 is 0. The third-order valence-electron chi connectivity index (χ3n) is 2.14. The van der Waals surface area contributed by atoms with Crippen LogP contribution in [0.2, 0.25) is 0 Å². The summed E-state index contributed by atoms with van der Waals surface area (Å²) in [4.78, 5) is 11.0. The second kappa shape index (κ2) is 6.23. The maximum Gasteiger partial charge on any atom is 0.319 e. The van der Waals surface area contributed by atoms with Gasteiger partial charge in [0.1, 0.15) is 5.82 Å². The largest absolute Gasteiger partial charge is 0.465 e. The molecular formula is C12H16FNO2. The number of carbonyl (C=O) groups excluding carboxylic acids is 1. The third kappa shape index (κ3) is 3.98. The van der Waals surface area contributed by atoms with E-state index in [9.17, 15) is 9.18 Å². The smallest absolute Gasteiger partial charge is 0.319 e. The van der Waals surface area contributed by atoms with Crippen LogP contribution in [-0.4, -0.2) is 19.1 Å². The SMILES string of the molecule is CCOC(=O)CNCc1ccc(C)c(F)c1. The number of nitrogens with one attached hydrogen (secondary N) is 1. The van der Waals surface area contributed by atoms with Gasteiger partial charge >= 0.3 is 5.97 Å². The molecule has 0 atom stereocenters. The standard InChI is InChI=1S/C12H16FNO2/c1-3-16-12(15)8-14-7-10-5-4-9(2)11(13)6-10/h4-6,14H,3,7-8H2,1-2H3. The molecule has 1 aromatic rings. The molecule has 1 aromatic carbocycles. The summed E-state index contributed by atoms with van der Waals surface area (Å²) in [7, 11) is 0. The van der Waals surface area contributed by atoms with E-state index in [4.69, 9.17) is 4.74 Å². The normalized spacial score (nSPS) is 10.2. The van der Waals surface area contributed by atoms with Crippen LogP contribution >= 0.6 is 0 Å². The van der Waals surface area contributed by atoms with E-state index in [1.807, 2.05) is 6.07 Å². The van der Waals surface area contributed by atoms with Gasteiger partial charge in [0.05, 0.1) is 13.2 Å². The third-order valence-corrected chi connectivity index (χ3v) is 2.14. The molecule has 0 saturated heterocycles. The minimum absolute atomic E-state index is 0.142. The Hall–Kier alpha value is -1.42. The Morgan fingerprint density at radius 2 is 2.25 bits per heavy atom. The van der Waals surface area contributed by atoms with Crippen molar-refractivity contribution in [3.63, 3.8) is 0 Å². The van der Waals surface area contributed by atoms with Gasteiger partial charge in [-0.3, -0.25) is 4.79 Å². The van der Waals surface area contributed by atoms with Gasteiger partial charge in [-0.1, -0.05) is 12.1 Å². The number of hydrogen-bond donors (Lipinski definition) is 1. The summed E-state index contributed by atoms with van der Waals surface area (Å²) < 4.78 is 17.9. The second-order valence-corrected chi connectivity index (χ2v) is 3.49. The van der Waals surface area contributed by atoms with Gasteiger partial charge in [-0.25, -0.2) is 4.39 Å². The summed E-state index contributed by atoms with van der Waals surface area (Å²) in [5.41, 5.74) is 1.43. The number of esters is 1. The molecule has 0 heterocycles. The van der Waals surface area contributed by atoms with Gasteiger partial charge in [0.2, 0.25) is 0 Å². The fraction of sp³-hybridized carbons (Fsp3) is 0.417. The molecule has 0 amide bonds. The molecule has 0 aliphatic rings. The molecule has 0 spiro atoms. The van der Waals surface area contributed by atoms with E-state index in [1.54, 1.807) is 19.9 Å². The van der Waals surface area contributed by atoms with Crippen molar-refractivity contribution in [3.05, 3.63) is 35.1 Å². The number of ether oxygens (including phenoxy) is 1. The van der Waals surface area contributed by atoms with E-state index in [0.717, 1.165) is 5.56 Å². The van der Waals surface area contributed by atoms with Crippen molar-refractivity contribution >= 4 is 5.97 Å². The number of benzene rings is 1.